The Bertz CT molecular complexity index is 743. The van der Waals surface area contributed by atoms with E-state index in [4.69, 9.17) is 23.4 Å². The number of hydrogen-bond donors (Lipinski definition) is 0. The first kappa shape index (κ1) is 15.8. The van der Waals surface area contributed by atoms with Crippen molar-refractivity contribution in [3.05, 3.63) is 90.0 Å². The zero-order valence-corrected chi connectivity index (χ0v) is 15.0. The minimum absolute atomic E-state index is 0.747. The molecule has 0 N–H and O–H groups in total. The summed E-state index contributed by atoms with van der Waals surface area (Å²) < 4.78 is 0. The van der Waals surface area contributed by atoms with Gasteiger partial charge in [0.15, 0.2) is 0 Å². The van der Waals surface area contributed by atoms with Gasteiger partial charge < -0.3 is 0 Å². The van der Waals surface area contributed by atoms with Gasteiger partial charge in [0.25, 0.3) is 0 Å². The summed E-state index contributed by atoms with van der Waals surface area (Å²) in [6.45, 7) is 0. The van der Waals surface area contributed by atoms with Crippen LogP contribution in [0.15, 0.2) is 89.8 Å². The van der Waals surface area contributed by atoms with Crippen LogP contribution in [0.5, 0.6) is 0 Å². The fourth-order valence-corrected chi connectivity index (χ4v) is 8.59. The Morgan fingerprint density at radius 2 is 1.14 bits per heavy atom. The van der Waals surface area contributed by atoms with Crippen molar-refractivity contribution in [2.75, 3.05) is 0 Å². The first-order valence-electron chi connectivity index (χ1n) is 6.85. The van der Waals surface area contributed by atoms with Crippen LogP contribution in [0.4, 0.5) is 0 Å². The molecular formula is C18H14ClPS2. The van der Waals surface area contributed by atoms with E-state index < -0.39 is 5.24 Å². The highest BCUT2D eigenvalue weighted by atomic mass is 35.5. The van der Waals surface area contributed by atoms with E-state index in [9.17, 15) is 0 Å². The number of rotatable bonds is 4. The van der Waals surface area contributed by atoms with E-state index in [0.29, 0.717) is 0 Å². The van der Waals surface area contributed by atoms with Gasteiger partial charge in [-0.25, -0.2) is 0 Å². The molecule has 0 nitrogen and oxygen atoms in total. The van der Waals surface area contributed by atoms with Gasteiger partial charge in [0.05, 0.1) is 5.24 Å². The van der Waals surface area contributed by atoms with E-state index in [1.165, 1.54) is 10.6 Å². The summed E-state index contributed by atoms with van der Waals surface area (Å²) in [5.74, 6) is 0. The first-order chi connectivity index (χ1) is 10.7. The van der Waals surface area contributed by atoms with Crippen molar-refractivity contribution in [1.82, 2.24) is 0 Å². The van der Waals surface area contributed by atoms with Crippen LogP contribution in [-0.2, 0) is 11.8 Å². The Morgan fingerprint density at radius 3 is 1.59 bits per heavy atom. The van der Waals surface area contributed by atoms with E-state index >= 15 is 0 Å². The van der Waals surface area contributed by atoms with E-state index in [0.717, 1.165) is 9.92 Å². The van der Waals surface area contributed by atoms with Crippen LogP contribution < -0.4 is 10.6 Å². The van der Waals surface area contributed by atoms with Gasteiger partial charge in [0, 0.05) is 9.92 Å². The molecule has 0 aliphatic rings. The predicted octanol–water partition coefficient (Wildman–Crippen LogP) is 5.48. The fourth-order valence-electron chi connectivity index (χ4n) is 2.15. The highest BCUT2D eigenvalue weighted by Crippen LogP contribution is 2.60. The van der Waals surface area contributed by atoms with E-state index in [1.54, 1.807) is 11.4 Å². The van der Waals surface area contributed by atoms with Crippen LogP contribution in [0, 0.1) is 0 Å². The average Bonchev–Trinajstić information content (AvgIpc) is 2.58. The molecule has 3 aromatic rings. The largest absolute Gasteiger partial charge is 0.0843 e. The molecule has 3 aromatic carbocycles. The molecular weight excluding hydrogens is 347 g/mol. The summed E-state index contributed by atoms with van der Waals surface area (Å²) in [4.78, 5) is 1.15. The molecule has 0 amide bonds. The van der Waals surface area contributed by atoms with Gasteiger partial charge in [-0.05, 0) is 34.9 Å². The lowest BCUT2D eigenvalue weighted by atomic mass is 10.4. The van der Waals surface area contributed by atoms with Crippen molar-refractivity contribution in [2.24, 2.45) is 0 Å². The van der Waals surface area contributed by atoms with Gasteiger partial charge >= 0.3 is 0 Å². The zero-order chi connectivity index (χ0) is 15.4. The van der Waals surface area contributed by atoms with Crippen molar-refractivity contribution in [3.63, 3.8) is 0 Å². The molecule has 0 heterocycles. The molecule has 0 unspecified atom stereocenters. The van der Waals surface area contributed by atoms with Crippen molar-refractivity contribution < 1.29 is 0 Å². The molecule has 0 fully saturated rings. The molecule has 3 rings (SSSR count). The second-order valence-electron chi connectivity index (χ2n) is 4.77. The van der Waals surface area contributed by atoms with Gasteiger partial charge in [-0.3, -0.25) is 0 Å². The van der Waals surface area contributed by atoms with Gasteiger partial charge in [-0.1, -0.05) is 95.5 Å². The zero-order valence-electron chi connectivity index (χ0n) is 11.7. The van der Waals surface area contributed by atoms with E-state index in [-0.39, 0.29) is 0 Å². The van der Waals surface area contributed by atoms with Crippen LogP contribution >= 0.6 is 28.2 Å². The second kappa shape index (κ2) is 7.02. The Morgan fingerprint density at radius 1 is 0.682 bits per heavy atom. The second-order valence-corrected chi connectivity index (χ2v) is 12.5. The van der Waals surface area contributed by atoms with Crippen molar-refractivity contribution >= 4 is 50.6 Å². The lowest BCUT2D eigenvalue weighted by Gasteiger charge is -2.22. The smallest absolute Gasteiger partial charge is 0.0659 e. The molecule has 4 heteroatoms. The Labute approximate surface area is 145 Å². The topological polar surface area (TPSA) is 0 Å². The highest BCUT2D eigenvalue weighted by Gasteiger charge is 2.23. The van der Waals surface area contributed by atoms with Crippen LogP contribution in [0.2, 0.25) is 5.02 Å². The molecule has 0 aromatic heterocycles. The molecule has 0 aliphatic heterocycles. The van der Waals surface area contributed by atoms with Gasteiger partial charge in [-0.2, -0.15) is 0 Å². The third kappa shape index (κ3) is 3.47. The Hall–Kier alpha value is -1.05. The van der Waals surface area contributed by atoms with Crippen molar-refractivity contribution in [2.45, 2.75) is 4.90 Å². The number of hydrogen-bond acceptors (Lipinski definition) is 2. The summed E-state index contributed by atoms with van der Waals surface area (Å²) in [5.41, 5.74) is 0. The normalized spacial score (nSPS) is 11.3. The molecule has 0 bridgehead atoms. The Kier molecular flexibility index (Phi) is 5.05. The monoisotopic (exact) mass is 360 g/mol. The third-order valence-corrected chi connectivity index (χ3v) is 10.8. The lowest BCUT2D eigenvalue weighted by Crippen LogP contribution is -2.12. The average molecular weight is 361 g/mol. The first-order valence-corrected chi connectivity index (χ1v) is 11.5. The van der Waals surface area contributed by atoms with Crippen molar-refractivity contribution in [1.29, 1.82) is 0 Å². The summed E-state index contributed by atoms with van der Waals surface area (Å²) in [5, 5.41) is 1.23. The fraction of sp³-hybridized carbons (Fsp3) is 0. The Balaban J connectivity index is 2.08. The maximum atomic E-state index is 6.19. The van der Waals surface area contributed by atoms with Gasteiger partial charge in [0.2, 0.25) is 0 Å². The maximum absolute atomic E-state index is 6.19. The standard InChI is InChI=1S/C18H14ClPS2/c19-15-11-13-18(14-12-15)22-20(21,16-7-3-1-4-8-16)17-9-5-2-6-10-17/h1-14H. The number of halogens is 1. The molecule has 0 atom stereocenters. The van der Waals surface area contributed by atoms with Crippen molar-refractivity contribution in [3.8, 4) is 0 Å². The summed E-state index contributed by atoms with van der Waals surface area (Å²) in [6.07, 6.45) is 0. The summed E-state index contributed by atoms with van der Waals surface area (Å²) in [7, 11) is 0. The van der Waals surface area contributed by atoms with Crippen LogP contribution in [0.1, 0.15) is 0 Å². The third-order valence-electron chi connectivity index (χ3n) is 3.24. The molecule has 22 heavy (non-hydrogen) atoms. The summed E-state index contributed by atoms with van der Waals surface area (Å²) in [6, 6.07) is 28.7. The minimum atomic E-state index is -1.95. The van der Waals surface area contributed by atoms with Crippen LogP contribution in [0.3, 0.4) is 0 Å². The molecule has 0 aliphatic carbocycles. The predicted molar refractivity (Wildman–Crippen MR) is 104 cm³/mol. The molecule has 0 saturated heterocycles. The number of benzene rings is 3. The quantitative estimate of drug-likeness (QED) is 0.565. The SMILES string of the molecule is S=P(Sc1ccc(Cl)cc1)(c1ccccc1)c1ccccc1. The molecule has 0 radical (unpaired) electrons. The summed E-state index contributed by atoms with van der Waals surface area (Å²) >= 11 is 14.0. The maximum Gasteiger partial charge on any atom is 0.0659 e. The minimum Gasteiger partial charge on any atom is -0.0843 e. The molecule has 0 saturated carbocycles. The van der Waals surface area contributed by atoms with Gasteiger partial charge in [0.1, 0.15) is 0 Å². The van der Waals surface area contributed by atoms with E-state index in [1.807, 2.05) is 36.4 Å². The lowest BCUT2D eigenvalue weighted by molar-refractivity contribution is 1.48. The van der Waals surface area contributed by atoms with Crippen LogP contribution in [0.25, 0.3) is 0 Å². The molecule has 0 spiro atoms. The highest BCUT2D eigenvalue weighted by molar-refractivity contribution is 8.75. The van der Waals surface area contributed by atoms with E-state index in [2.05, 4.69) is 48.5 Å². The van der Waals surface area contributed by atoms with Gasteiger partial charge in [-0.15, -0.1) is 0 Å². The van der Waals surface area contributed by atoms with Crippen LogP contribution in [-0.4, -0.2) is 0 Å². The molecule has 110 valence electrons.